The van der Waals surface area contributed by atoms with E-state index in [4.69, 9.17) is 9.84 Å². The average Bonchev–Trinajstić information content (AvgIpc) is 2.68. The first-order valence-electron chi connectivity index (χ1n) is 9.34. The van der Waals surface area contributed by atoms with Crippen LogP contribution in [-0.2, 0) is 11.8 Å². The van der Waals surface area contributed by atoms with Crippen molar-refractivity contribution in [2.45, 2.75) is 38.3 Å². The van der Waals surface area contributed by atoms with Gasteiger partial charge in [-0.25, -0.2) is 4.79 Å². The number of benzene rings is 1. The summed E-state index contributed by atoms with van der Waals surface area (Å²) < 4.78 is 7.06. The second kappa shape index (κ2) is 8.39. The van der Waals surface area contributed by atoms with Gasteiger partial charge in [-0.05, 0) is 42.5 Å². The number of aliphatic hydroxyl groups excluding tert-OH is 1. The Morgan fingerprint density at radius 1 is 1.15 bits per heavy atom. The largest absolute Gasteiger partial charge is 0.446 e. The Kier molecular flexibility index (Phi) is 5.96. The van der Waals surface area contributed by atoms with Gasteiger partial charge in [0, 0.05) is 38.9 Å². The third kappa shape index (κ3) is 4.39. The summed E-state index contributed by atoms with van der Waals surface area (Å²) in [5.74, 6) is 0. The maximum Gasteiger partial charge on any atom is 0.410 e. The number of aliphatic hydroxyl groups is 1. The number of ether oxygens (including phenoxy) is 1. The molecule has 1 aromatic heterocycles. The maximum absolute atomic E-state index is 12.3. The van der Waals surface area contributed by atoms with Gasteiger partial charge in [-0.3, -0.25) is 4.79 Å². The number of amides is 1. The average molecular weight is 370 g/mol. The SMILES string of the molecule is CC(c1ccc(-c2ccc(=O)n(C)c2)cc1)N1CCC(CCCO)OC1=O. The molecule has 6 nitrogen and oxygen atoms in total. The first kappa shape index (κ1) is 19.2. The molecule has 0 spiro atoms. The van der Waals surface area contributed by atoms with Crippen molar-refractivity contribution in [3.63, 3.8) is 0 Å². The molecule has 1 aliphatic heterocycles. The molecule has 1 amide bonds. The van der Waals surface area contributed by atoms with Crippen LogP contribution in [0.3, 0.4) is 0 Å². The summed E-state index contributed by atoms with van der Waals surface area (Å²) in [5, 5.41) is 8.92. The van der Waals surface area contributed by atoms with Crippen LogP contribution in [0.1, 0.15) is 37.8 Å². The Morgan fingerprint density at radius 2 is 1.85 bits per heavy atom. The highest BCUT2D eigenvalue weighted by molar-refractivity contribution is 5.69. The van der Waals surface area contributed by atoms with E-state index >= 15 is 0 Å². The van der Waals surface area contributed by atoms with Crippen LogP contribution in [0, 0.1) is 0 Å². The molecule has 0 radical (unpaired) electrons. The molecule has 2 atom stereocenters. The van der Waals surface area contributed by atoms with E-state index in [9.17, 15) is 9.59 Å². The van der Waals surface area contributed by atoms with Gasteiger partial charge in [0.05, 0.1) is 6.04 Å². The molecule has 3 rings (SSSR count). The molecule has 1 aliphatic rings. The fraction of sp³-hybridized carbons (Fsp3) is 0.429. The van der Waals surface area contributed by atoms with Crippen molar-refractivity contribution in [2.24, 2.45) is 7.05 Å². The van der Waals surface area contributed by atoms with Gasteiger partial charge in [-0.1, -0.05) is 24.3 Å². The molecule has 0 aliphatic carbocycles. The molecule has 1 aromatic carbocycles. The lowest BCUT2D eigenvalue weighted by Crippen LogP contribution is -2.43. The highest BCUT2D eigenvalue weighted by Crippen LogP contribution is 2.28. The fourth-order valence-corrected chi connectivity index (χ4v) is 3.42. The minimum absolute atomic E-state index is 0.0371. The van der Waals surface area contributed by atoms with E-state index < -0.39 is 0 Å². The lowest BCUT2D eigenvalue weighted by molar-refractivity contribution is 0.00760. The smallest absolute Gasteiger partial charge is 0.410 e. The second-order valence-electron chi connectivity index (χ2n) is 7.02. The topological polar surface area (TPSA) is 71.8 Å². The zero-order valence-corrected chi connectivity index (χ0v) is 15.8. The summed E-state index contributed by atoms with van der Waals surface area (Å²) in [7, 11) is 1.73. The van der Waals surface area contributed by atoms with Crippen LogP contribution in [0.2, 0.25) is 0 Å². The zero-order chi connectivity index (χ0) is 19.4. The third-order valence-corrected chi connectivity index (χ3v) is 5.16. The van der Waals surface area contributed by atoms with Crippen molar-refractivity contribution in [2.75, 3.05) is 13.2 Å². The van der Waals surface area contributed by atoms with Crippen LogP contribution in [-0.4, -0.2) is 39.9 Å². The Morgan fingerprint density at radius 3 is 2.48 bits per heavy atom. The summed E-state index contributed by atoms with van der Waals surface area (Å²) >= 11 is 0. The molecular weight excluding hydrogens is 344 g/mol. The summed E-state index contributed by atoms with van der Waals surface area (Å²) in [5.41, 5.74) is 2.99. The van der Waals surface area contributed by atoms with E-state index in [0.29, 0.717) is 19.4 Å². The Labute approximate surface area is 159 Å². The molecule has 2 unspecified atom stereocenters. The number of pyridine rings is 1. The molecule has 6 heteroatoms. The number of carbonyl (C=O) groups excluding carboxylic acids is 1. The van der Waals surface area contributed by atoms with Crippen molar-refractivity contribution in [1.82, 2.24) is 9.47 Å². The quantitative estimate of drug-likeness (QED) is 0.848. The number of rotatable bonds is 6. The van der Waals surface area contributed by atoms with Crippen LogP contribution in [0.5, 0.6) is 0 Å². The molecule has 1 saturated heterocycles. The molecule has 2 heterocycles. The van der Waals surface area contributed by atoms with Crippen molar-refractivity contribution >= 4 is 6.09 Å². The van der Waals surface area contributed by atoms with E-state index in [1.165, 1.54) is 0 Å². The number of carbonyl (C=O) groups is 1. The molecule has 0 saturated carbocycles. The van der Waals surface area contributed by atoms with E-state index in [1.807, 2.05) is 43.5 Å². The molecule has 0 bridgehead atoms. The van der Waals surface area contributed by atoms with Crippen molar-refractivity contribution < 1.29 is 14.6 Å². The second-order valence-corrected chi connectivity index (χ2v) is 7.02. The lowest BCUT2D eigenvalue weighted by Gasteiger charge is -2.35. The van der Waals surface area contributed by atoms with Crippen molar-refractivity contribution in [1.29, 1.82) is 0 Å². The van der Waals surface area contributed by atoms with E-state index in [1.54, 1.807) is 22.6 Å². The Hall–Kier alpha value is -2.60. The Bertz CT molecular complexity index is 844. The van der Waals surface area contributed by atoms with Gasteiger partial charge in [0.2, 0.25) is 5.56 Å². The lowest BCUT2D eigenvalue weighted by atomic mass is 10.0. The van der Waals surface area contributed by atoms with Crippen LogP contribution in [0.25, 0.3) is 11.1 Å². The minimum atomic E-state index is -0.293. The van der Waals surface area contributed by atoms with Gasteiger partial charge < -0.3 is 19.3 Å². The van der Waals surface area contributed by atoms with Crippen LogP contribution in [0.4, 0.5) is 4.79 Å². The first-order valence-corrected chi connectivity index (χ1v) is 9.34. The molecule has 27 heavy (non-hydrogen) atoms. The van der Waals surface area contributed by atoms with Gasteiger partial charge in [0.25, 0.3) is 0 Å². The first-order chi connectivity index (χ1) is 13.0. The molecular formula is C21H26N2O4. The predicted octanol–water partition coefficient (Wildman–Crippen LogP) is 3.10. The van der Waals surface area contributed by atoms with E-state index in [-0.39, 0.29) is 30.4 Å². The van der Waals surface area contributed by atoms with Crippen molar-refractivity contribution in [3.05, 3.63) is 58.5 Å². The number of aromatic nitrogens is 1. The zero-order valence-electron chi connectivity index (χ0n) is 15.8. The molecule has 144 valence electrons. The summed E-state index contributed by atoms with van der Waals surface area (Å²) in [6.45, 7) is 2.77. The number of hydrogen-bond acceptors (Lipinski definition) is 4. The van der Waals surface area contributed by atoms with E-state index in [0.717, 1.165) is 23.1 Å². The van der Waals surface area contributed by atoms with Crippen molar-refractivity contribution in [3.8, 4) is 11.1 Å². The maximum atomic E-state index is 12.3. The monoisotopic (exact) mass is 370 g/mol. The summed E-state index contributed by atoms with van der Waals surface area (Å²) in [4.78, 5) is 25.6. The highest BCUT2D eigenvalue weighted by atomic mass is 16.6. The van der Waals surface area contributed by atoms with Gasteiger partial charge in [-0.2, -0.15) is 0 Å². The predicted molar refractivity (Wildman–Crippen MR) is 103 cm³/mol. The van der Waals surface area contributed by atoms with Gasteiger partial charge in [0.1, 0.15) is 6.10 Å². The van der Waals surface area contributed by atoms with Gasteiger partial charge >= 0.3 is 6.09 Å². The number of aryl methyl sites for hydroxylation is 1. The molecule has 1 fully saturated rings. The third-order valence-electron chi connectivity index (χ3n) is 5.16. The standard InChI is InChI=1S/C21H26N2O4/c1-15(23-12-11-19(4-3-13-24)27-21(23)26)16-5-7-17(8-6-16)18-9-10-20(25)22(2)14-18/h5-10,14-15,19,24H,3-4,11-13H2,1-2H3. The summed E-state index contributed by atoms with van der Waals surface area (Å²) in [6.07, 6.45) is 3.57. The minimum Gasteiger partial charge on any atom is -0.446 e. The number of hydrogen-bond donors (Lipinski definition) is 1. The van der Waals surface area contributed by atoms with Crippen LogP contribution in [0.15, 0.2) is 47.4 Å². The fourth-order valence-electron chi connectivity index (χ4n) is 3.42. The summed E-state index contributed by atoms with van der Waals surface area (Å²) in [6, 6.07) is 11.3. The Balaban J connectivity index is 1.69. The highest BCUT2D eigenvalue weighted by Gasteiger charge is 2.30. The normalized spacial score (nSPS) is 18.3. The van der Waals surface area contributed by atoms with E-state index in [2.05, 4.69) is 0 Å². The van der Waals surface area contributed by atoms with Gasteiger partial charge in [-0.15, -0.1) is 0 Å². The van der Waals surface area contributed by atoms with Crippen LogP contribution < -0.4 is 5.56 Å². The number of cyclic esters (lactones) is 1. The van der Waals surface area contributed by atoms with Gasteiger partial charge in [0.15, 0.2) is 0 Å². The van der Waals surface area contributed by atoms with Crippen LogP contribution >= 0.6 is 0 Å². The molecule has 2 aromatic rings. The molecule has 1 N–H and O–H groups in total. The number of nitrogens with zero attached hydrogens (tertiary/aromatic N) is 2.